The Balaban J connectivity index is 1.83. The third kappa shape index (κ3) is 1.72. The number of Topliss-reactive ketones (excluding diaryl/α,β-unsaturated/α-hetero) is 1. The van der Waals surface area contributed by atoms with Crippen LogP contribution in [0.25, 0.3) is 0 Å². The van der Waals surface area contributed by atoms with E-state index < -0.39 is 0 Å². The lowest BCUT2D eigenvalue weighted by atomic mass is 9.63. The van der Waals surface area contributed by atoms with Crippen LogP contribution in [0.3, 0.4) is 0 Å². The van der Waals surface area contributed by atoms with E-state index in [4.69, 9.17) is 0 Å². The van der Waals surface area contributed by atoms with Gasteiger partial charge in [-0.25, -0.2) is 4.98 Å². The number of fused-ring (bicyclic) bond motifs is 5. The predicted octanol–water partition coefficient (Wildman–Crippen LogP) is 4.44. The summed E-state index contributed by atoms with van der Waals surface area (Å²) in [6, 6.07) is 8.64. The van der Waals surface area contributed by atoms with Crippen LogP contribution in [-0.2, 0) is 16.6 Å². The monoisotopic (exact) mass is 336 g/mol. The van der Waals surface area contributed by atoms with Gasteiger partial charge < -0.3 is 5.32 Å². The Morgan fingerprint density at radius 1 is 1.21 bits per heavy atom. The third-order valence-corrected chi connectivity index (χ3v) is 6.76. The fourth-order valence-corrected chi connectivity index (χ4v) is 5.92. The standard InChI is InChI=1S/C20H20N2OS/c1-19(2)9-14-16(15(23)10-19)20(17-18(22-14)21-11-24-17)8-7-12-5-3-4-6-13(12)20/h3-6,11,22H,7-10H2,1-2H3. The lowest BCUT2D eigenvalue weighted by Crippen LogP contribution is -2.42. The van der Waals surface area contributed by atoms with Crippen molar-refractivity contribution in [2.45, 2.75) is 44.9 Å². The number of ketones is 1. The number of aromatic nitrogens is 1. The second-order valence-electron chi connectivity index (χ2n) is 8.01. The van der Waals surface area contributed by atoms with E-state index in [1.54, 1.807) is 11.3 Å². The first-order valence-electron chi connectivity index (χ1n) is 8.57. The number of anilines is 1. The molecule has 0 saturated carbocycles. The summed E-state index contributed by atoms with van der Waals surface area (Å²) in [5.41, 5.74) is 6.46. The Hall–Kier alpha value is -1.94. The molecule has 2 aliphatic carbocycles. The topological polar surface area (TPSA) is 42.0 Å². The molecule has 1 spiro atoms. The van der Waals surface area contributed by atoms with Gasteiger partial charge in [0.1, 0.15) is 5.82 Å². The molecule has 3 nitrogen and oxygen atoms in total. The number of allylic oxidation sites excluding steroid dienone is 2. The van der Waals surface area contributed by atoms with Gasteiger partial charge in [0, 0.05) is 17.7 Å². The molecule has 24 heavy (non-hydrogen) atoms. The summed E-state index contributed by atoms with van der Waals surface area (Å²) in [5.74, 6) is 1.27. The zero-order valence-corrected chi connectivity index (χ0v) is 14.8. The molecule has 3 aliphatic rings. The van der Waals surface area contributed by atoms with Crippen molar-refractivity contribution >= 4 is 22.9 Å². The molecule has 2 heterocycles. The van der Waals surface area contributed by atoms with Gasteiger partial charge in [0.25, 0.3) is 0 Å². The summed E-state index contributed by atoms with van der Waals surface area (Å²) in [7, 11) is 0. The average Bonchev–Trinajstić information content (AvgIpc) is 3.12. The fourth-order valence-electron chi connectivity index (χ4n) is 4.92. The van der Waals surface area contributed by atoms with Crippen molar-refractivity contribution in [3.8, 4) is 0 Å². The number of rotatable bonds is 0. The van der Waals surface area contributed by atoms with E-state index in [9.17, 15) is 4.79 Å². The van der Waals surface area contributed by atoms with Crippen LogP contribution in [-0.4, -0.2) is 10.8 Å². The van der Waals surface area contributed by atoms with Gasteiger partial charge in [-0.2, -0.15) is 0 Å². The highest BCUT2D eigenvalue weighted by Crippen LogP contribution is 2.58. The maximum atomic E-state index is 13.2. The molecule has 1 N–H and O–H groups in total. The number of hydrogen-bond donors (Lipinski definition) is 1. The van der Waals surface area contributed by atoms with Crippen molar-refractivity contribution in [2.75, 3.05) is 5.32 Å². The highest BCUT2D eigenvalue weighted by molar-refractivity contribution is 7.10. The maximum Gasteiger partial charge on any atom is 0.162 e. The van der Waals surface area contributed by atoms with E-state index in [1.807, 2.05) is 5.51 Å². The van der Waals surface area contributed by atoms with E-state index in [-0.39, 0.29) is 10.8 Å². The van der Waals surface area contributed by atoms with Gasteiger partial charge in [0.2, 0.25) is 0 Å². The molecule has 1 atom stereocenters. The molecule has 4 heteroatoms. The van der Waals surface area contributed by atoms with Gasteiger partial charge in [-0.15, -0.1) is 11.3 Å². The molecule has 122 valence electrons. The van der Waals surface area contributed by atoms with Crippen molar-refractivity contribution in [3.63, 3.8) is 0 Å². The molecule has 5 rings (SSSR count). The van der Waals surface area contributed by atoms with Gasteiger partial charge in [-0.05, 0) is 35.8 Å². The highest BCUT2D eigenvalue weighted by atomic mass is 32.1. The third-order valence-electron chi connectivity index (χ3n) is 5.77. The Morgan fingerprint density at radius 3 is 2.92 bits per heavy atom. The van der Waals surface area contributed by atoms with Crippen LogP contribution in [0.5, 0.6) is 0 Å². The van der Waals surface area contributed by atoms with Crippen molar-refractivity contribution in [1.29, 1.82) is 0 Å². The second kappa shape index (κ2) is 4.57. The number of hydrogen-bond acceptors (Lipinski definition) is 4. The van der Waals surface area contributed by atoms with Gasteiger partial charge in [0.15, 0.2) is 5.78 Å². The van der Waals surface area contributed by atoms with Gasteiger partial charge in [0.05, 0.1) is 15.8 Å². The van der Waals surface area contributed by atoms with Crippen LogP contribution in [0.1, 0.15) is 49.1 Å². The molecule has 0 amide bonds. The molecule has 0 radical (unpaired) electrons. The van der Waals surface area contributed by atoms with E-state index in [2.05, 4.69) is 48.4 Å². The van der Waals surface area contributed by atoms with Gasteiger partial charge in [-0.1, -0.05) is 38.1 Å². The van der Waals surface area contributed by atoms with Crippen molar-refractivity contribution in [2.24, 2.45) is 5.41 Å². The van der Waals surface area contributed by atoms with E-state index >= 15 is 0 Å². The molecule has 2 aromatic rings. The Labute approximate surface area is 145 Å². The summed E-state index contributed by atoms with van der Waals surface area (Å²) < 4.78 is 0. The molecule has 1 aliphatic heterocycles. The molecular formula is C20H20N2OS. The number of nitrogens with one attached hydrogen (secondary N) is 1. The minimum Gasteiger partial charge on any atom is -0.342 e. The van der Waals surface area contributed by atoms with E-state index in [0.29, 0.717) is 12.2 Å². The van der Waals surface area contributed by atoms with E-state index in [0.717, 1.165) is 36.4 Å². The summed E-state index contributed by atoms with van der Waals surface area (Å²) >= 11 is 1.68. The Morgan fingerprint density at radius 2 is 2.04 bits per heavy atom. The smallest absolute Gasteiger partial charge is 0.162 e. The zero-order chi connectivity index (χ0) is 16.5. The van der Waals surface area contributed by atoms with E-state index in [1.165, 1.54) is 16.0 Å². The number of benzene rings is 1. The lowest BCUT2D eigenvalue weighted by Gasteiger charge is -2.43. The highest BCUT2D eigenvalue weighted by Gasteiger charge is 2.53. The molecule has 0 fully saturated rings. The quantitative estimate of drug-likeness (QED) is 0.773. The maximum absolute atomic E-state index is 13.2. The number of aryl methyl sites for hydroxylation is 1. The normalized spacial score (nSPS) is 26.8. The lowest BCUT2D eigenvalue weighted by molar-refractivity contribution is -0.118. The molecular weight excluding hydrogens is 316 g/mol. The SMILES string of the molecule is CC1(C)CC(=O)C2=C(C1)Nc1ncsc1C21CCc2ccccc21. The average molecular weight is 336 g/mol. The molecule has 1 aromatic carbocycles. The summed E-state index contributed by atoms with van der Waals surface area (Å²) in [4.78, 5) is 19.0. The van der Waals surface area contributed by atoms with Crippen LogP contribution >= 0.6 is 11.3 Å². The number of thiazole rings is 1. The number of carbonyl (C=O) groups excluding carboxylic acids is 1. The zero-order valence-electron chi connectivity index (χ0n) is 14.0. The molecule has 1 unspecified atom stereocenters. The van der Waals surface area contributed by atoms with Crippen molar-refractivity contribution < 1.29 is 4.79 Å². The van der Waals surface area contributed by atoms with Crippen molar-refractivity contribution in [1.82, 2.24) is 4.98 Å². The van der Waals surface area contributed by atoms with Crippen LogP contribution in [0, 0.1) is 5.41 Å². The van der Waals surface area contributed by atoms with Crippen LogP contribution < -0.4 is 5.32 Å². The summed E-state index contributed by atoms with van der Waals surface area (Å²) in [5, 5.41) is 3.51. The first kappa shape index (κ1) is 14.4. The largest absolute Gasteiger partial charge is 0.342 e. The van der Waals surface area contributed by atoms with Gasteiger partial charge in [-0.3, -0.25) is 4.79 Å². The minimum absolute atomic E-state index is 0.00968. The predicted molar refractivity (Wildman–Crippen MR) is 96.3 cm³/mol. The Kier molecular flexibility index (Phi) is 2.74. The van der Waals surface area contributed by atoms with Crippen LogP contribution in [0.15, 0.2) is 41.0 Å². The first-order chi connectivity index (χ1) is 11.5. The van der Waals surface area contributed by atoms with Gasteiger partial charge >= 0.3 is 0 Å². The number of nitrogens with zero attached hydrogens (tertiary/aromatic N) is 1. The molecule has 1 aromatic heterocycles. The fraction of sp³-hybridized carbons (Fsp3) is 0.400. The second-order valence-corrected chi connectivity index (χ2v) is 8.87. The first-order valence-corrected chi connectivity index (χ1v) is 9.45. The minimum atomic E-state index is -0.277. The van der Waals surface area contributed by atoms with Crippen LogP contribution in [0.2, 0.25) is 0 Å². The number of carbonyl (C=O) groups is 1. The summed E-state index contributed by atoms with van der Waals surface area (Å²) in [6.45, 7) is 4.37. The molecule has 0 saturated heterocycles. The summed E-state index contributed by atoms with van der Waals surface area (Å²) in [6.07, 6.45) is 3.55. The van der Waals surface area contributed by atoms with Crippen LogP contribution in [0.4, 0.5) is 5.82 Å². The Bertz CT molecular complexity index is 908. The molecule has 0 bridgehead atoms. The van der Waals surface area contributed by atoms with Crippen molar-refractivity contribution in [3.05, 3.63) is 57.1 Å².